The third-order valence-electron chi connectivity index (χ3n) is 6.37. The summed E-state index contributed by atoms with van der Waals surface area (Å²) in [5.41, 5.74) is -0.101. The summed E-state index contributed by atoms with van der Waals surface area (Å²) in [7, 11) is 0. The number of hydrogen-bond donors (Lipinski definition) is 0. The van der Waals surface area contributed by atoms with Crippen LogP contribution >= 0.6 is 0 Å². The molecule has 0 bridgehead atoms. The maximum absolute atomic E-state index is 14.5. The third-order valence-corrected chi connectivity index (χ3v) is 6.37. The van der Waals surface area contributed by atoms with E-state index < -0.39 is 34.6 Å². The van der Waals surface area contributed by atoms with Gasteiger partial charge in [0.15, 0.2) is 17.5 Å². The lowest BCUT2D eigenvalue weighted by Gasteiger charge is -2.32. The second kappa shape index (κ2) is 10.3. The van der Waals surface area contributed by atoms with Crippen molar-refractivity contribution in [2.45, 2.75) is 58.8 Å². The normalized spacial score (nSPS) is 19.6. The fourth-order valence-electron chi connectivity index (χ4n) is 4.62. The van der Waals surface area contributed by atoms with Crippen molar-refractivity contribution in [3.05, 3.63) is 70.0 Å². The van der Waals surface area contributed by atoms with Crippen LogP contribution in [0.1, 0.15) is 69.1 Å². The molecule has 1 aliphatic carbocycles. The summed E-state index contributed by atoms with van der Waals surface area (Å²) in [6.45, 7) is 4.34. The first-order chi connectivity index (χ1) is 14.8. The zero-order chi connectivity index (χ0) is 22.5. The molecule has 0 aliphatic heterocycles. The summed E-state index contributed by atoms with van der Waals surface area (Å²) < 4.78 is 68.6. The second-order valence-corrected chi connectivity index (χ2v) is 8.69. The zero-order valence-corrected chi connectivity index (χ0v) is 17.9. The average Bonchev–Trinajstić information content (AvgIpc) is 2.72. The van der Waals surface area contributed by atoms with Crippen LogP contribution in [0, 0.1) is 58.7 Å². The van der Waals surface area contributed by atoms with Gasteiger partial charge in [-0.1, -0.05) is 51.4 Å². The Hall–Kier alpha value is -2.35. The number of rotatable bonds is 5. The van der Waals surface area contributed by atoms with Gasteiger partial charge in [0, 0.05) is 5.56 Å². The molecule has 0 aromatic heterocycles. The molecule has 5 heteroatoms. The molecule has 1 fully saturated rings. The van der Waals surface area contributed by atoms with Crippen LogP contribution < -0.4 is 0 Å². The first-order valence-electron chi connectivity index (χ1n) is 10.9. The standard InChI is InChI=1S/C26H27F5/c1-3-4-17-5-8-20(9-6-17)16(2)11-19-14-22(27)21(23(28)15-19)10-7-18-12-24(29)26(31)25(30)13-18/h12-17,20H,3-6,8-9,11H2,1-2H3. The van der Waals surface area contributed by atoms with Crippen LogP contribution in [0.25, 0.3) is 0 Å². The van der Waals surface area contributed by atoms with E-state index in [4.69, 9.17) is 0 Å². The molecule has 0 spiro atoms. The largest absolute Gasteiger partial charge is 0.206 e. The van der Waals surface area contributed by atoms with Crippen LogP contribution in [0.2, 0.25) is 0 Å². The Morgan fingerprint density at radius 2 is 1.42 bits per heavy atom. The van der Waals surface area contributed by atoms with E-state index in [1.807, 2.05) is 0 Å². The Morgan fingerprint density at radius 3 is 1.97 bits per heavy atom. The van der Waals surface area contributed by atoms with Crippen molar-refractivity contribution in [1.29, 1.82) is 0 Å². The first-order valence-corrected chi connectivity index (χ1v) is 10.9. The van der Waals surface area contributed by atoms with Gasteiger partial charge < -0.3 is 0 Å². The van der Waals surface area contributed by atoms with E-state index >= 15 is 0 Å². The monoisotopic (exact) mass is 434 g/mol. The van der Waals surface area contributed by atoms with E-state index in [0.29, 0.717) is 36.0 Å². The molecule has 1 saturated carbocycles. The zero-order valence-electron chi connectivity index (χ0n) is 17.9. The molecule has 2 aromatic carbocycles. The maximum Gasteiger partial charge on any atom is 0.194 e. The highest BCUT2D eigenvalue weighted by molar-refractivity contribution is 5.45. The predicted octanol–water partition coefficient (Wildman–Crippen LogP) is 7.57. The molecule has 0 saturated heterocycles. The summed E-state index contributed by atoms with van der Waals surface area (Å²) in [5.74, 6) is 0.217. The molecular weight excluding hydrogens is 407 g/mol. The van der Waals surface area contributed by atoms with Crippen molar-refractivity contribution in [2.24, 2.45) is 17.8 Å². The molecule has 166 valence electrons. The third kappa shape index (κ3) is 5.87. The highest BCUT2D eigenvalue weighted by Gasteiger charge is 2.25. The SMILES string of the molecule is CCCC1CCC(C(C)Cc2cc(F)c(C#Cc3cc(F)c(F)c(F)c3)c(F)c2)CC1. The molecule has 0 N–H and O–H groups in total. The molecule has 1 aliphatic rings. The minimum absolute atomic E-state index is 0.202. The van der Waals surface area contributed by atoms with Gasteiger partial charge in [0.25, 0.3) is 0 Å². The van der Waals surface area contributed by atoms with Crippen LogP contribution in [0.5, 0.6) is 0 Å². The minimum Gasteiger partial charge on any atom is -0.206 e. The molecule has 1 atom stereocenters. The summed E-state index contributed by atoms with van der Waals surface area (Å²) in [4.78, 5) is 0. The molecule has 0 heterocycles. The van der Waals surface area contributed by atoms with Crippen LogP contribution in [-0.4, -0.2) is 0 Å². The van der Waals surface area contributed by atoms with Gasteiger partial charge in [0.1, 0.15) is 11.6 Å². The molecule has 3 rings (SSSR count). The molecular formula is C26H27F5. The van der Waals surface area contributed by atoms with Crippen molar-refractivity contribution in [3.63, 3.8) is 0 Å². The molecule has 2 aromatic rings. The van der Waals surface area contributed by atoms with E-state index in [1.165, 1.54) is 37.8 Å². The number of benzene rings is 2. The molecule has 1 unspecified atom stereocenters. The van der Waals surface area contributed by atoms with E-state index in [9.17, 15) is 22.0 Å². The summed E-state index contributed by atoms with van der Waals surface area (Å²) >= 11 is 0. The van der Waals surface area contributed by atoms with Gasteiger partial charge >= 0.3 is 0 Å². The van der Waals surface area contributed by atoms with Gasteiger partial charge in [0.2, 0.25) is 0 Å². The van der Waals surface area contributed by atoms with Crippen LogP contribution in [-0.2, 0) is 6.42 Å². The van der Waals surface area contributed by atoms with Gasteiger partial charge in [-0.05, 0) is 66.8 Å². The lowest BCUT2D eigenvalue weighted by Crippen LogP contribution is -2.21. The number of halogens is 5. The predicted molar refractivity (Wildman–Crippen MR) is 112 cm³/mol. The van der Waals surface area contributed by atoms with Gasteiger partial charge in [0.05, 0.1) is 5.56 Å². The Kier molecular flexibility index (Phi) is 7.75. The van der Waals surface area contributed by atoms with Crippen molar-refractivity contribution in [2.75, 3.05) is 0 Å². The highest BCUT2D eigenvalue weighted by atomic mass is 19.2. The van der Waals surface area contributed by atoms with Crippen molar-refractivity contribution < 1.29 is 22.0 Å². The first kappa shape index (κ1) is 23.3. The Morgan fingerprint density at radius 1 is 0.839 bits per heavy atom. The number of hydrogen-bond acceptors (Lipinski definition) is 0. The van der Waals surface area contributed by atoms with Gasteiger partial charge in [-0.15, -0.1) is 0 Å². The molecule has 0 radical (unpaired) electrons. The lowest BCUT2D eigenvalue weighted by molar-refractivity contribution is 0.206. The topological polar surface area (TPSA) is 0 Å². The van der Waals surface area contributed by atoms with Crippen molar-refractivity contribution in [3.8, 4) is 11.8 Å². The van der Waals surface area contributed by atoms with E-state index in [0.717, 1.165) is 18.8 Å². The lowest BCUT2D eigenvalue weighted by atomic mass is 9.73. The van der Waals surface area contributed by atoms with E-state index in [2.05, 4.69) is 25.7 Å². The highest BCUT2D eigenvalue weighted by Crippen LogP contribution is 2.36. The van der Waals surface area contributed by atoms with Gasteiger partial charge in [-0.25, -0.2) is 22.0 Å². The van der Waals surface area contributed by atoms with E-state index in [-0.39, 0.29) is 5.56 Å². The Bertz CT molecular complexity index is 931. The summed E-state index contributed by atoms with van der Waals surface area (Å²) in [6.07, 6.45) is 7.84. The van der Waals surface area contributed by atoms with Crippen LogP contribution in [0.15, 0.2) is 24.3 Å². The van der Waals surface area contributed by atoms with Crippen LogP contribution in [0.4, 0.5) is 22.0 Å². The van der Waals surface area contributed by atoms with E-state index in [1.54, 1.807) is 0 Å². The smallest absolute Gasteiger partial charge is 0.194 e. The van der Waals surface area contributed by atoms with Gasteiger partial charge in [-0.2, -0.15) is 0 Å². The Balaban J connectivity index is 1.70. The quantitative estimate of drug-likeness (QED) is 0.259. The minimum atomic E-state index is -1.61. The molecule has 0 nitrogen and oxygen atoms in total. The molecule has 0 amide bonds. The average molecular weight is 434 g/mol. The van der Waals surface area contributed by atoms with Crippen molar-refractivity contribution >= 4 is 0 Å². The maximum atomic E-state index is 14.5. The fourth-order valence-corrected chi connectivity index (χ4v) is 4.62. The van der Waals surface area contributed by atoms with Crippen LogP contribution in [0.3, 0.4) is 0 Å². The summed E-state index contributed by atoms with van der Waals surface area (Å²) in [6, 6.07) is 3.93. The van der Waals surface area contributed by atoms with Gasteiger partial charge in [-0.3, -0.25) is 0 Å². The molecule has 31 heavy (non-hydrogen) atoms. The second-order valence-electron chi connectivity index (χ2n) is 8.69. The van der Waals surface area contributed by atoms with Crippen molar-refractivity contribution in [1.82, 2.24) is 0 Å². The summed E-state index contributed by atoms with van der Waals surface area (Å²) in [5, 5.41) is 0. The fraction of sp³-hybridized carbons (Fsp3) is 0.462. The Labute approximate surface area is 180 Å².